The lowest BCUT2D eigenvalue weighted by atomic mass is 10.2. The van der Waals surface area contributed by atoms with E-state index in [0.29, 0.717) is 6.61 Å². The summed E-state index contributed by atoms with van der Waals surface area (Å²) in [6, 6.07) is 11.5. The van der Waals surface area contributed by atoms with Crippen molar-refractivity contribution < 1.29 is 9.15 Å². The number of hydrogen-bond donors (Lipinski definition) is 1. The zero-order chi connectivity index (χ0) is 13.5. The molecule has 2 aromatic rings. The van der Waals surface area contributed by atoms with Gasteiger partial charge in [-0.2, -0.15) is 0 Å². The molecule has 0 fully saturated rings. The molecule has 1 heterocycles. The van der Waals surface area contributed by atoms with Crippen molar-refractivity contribution in [1.29, 1.82) is 0 Å². The Morgan fingerprint density at radius 1 is 1.26 bits per heavy atom. The van der Waals surface area contributed by atoms with Crippen LogP contribution in [0.15, 0.2) is 47.1 Å². The topological polar surface area (TPSA) is 34.4 Å². The van der Waals surface area contributed by atoms with Gasteiger partial charge in [-0.3, -0.25) is 0 Å². The summed E-state index contributed by atoms with van der Waals surface area (Å²) < 4.78 is 11.0. The molecule has 3 nitrogen and oxygen atoms in total. The molecule has 2 rings (SSSR count). The van der Waals surface area contributed by atoms with Crippen molar-refractivity contribution in [3.63, 3.8) is 0 Å². The molecular weight excluding hydrogens is 262 g/mol. The molecule has 1 atom stereocenters. The van der Waals surface area contributed by atoms with E-state index in [1.807, 2.05) is 43.3 Å². The average Bonchev–Trinajstić information content (AvgIpc) is 2.91. The standard InChI is InChI=1S/C15H18ClNO2/c1-12(9-17-10-15-3-2-8-18-15)19-11-13-4-6-14(16)7-5-13/h2-8,12,17H,9-11H2,1H3. The summed E-state index contributed by atoms with van der Waals surface area (Å²) >= 11 is 5.83. The van der Waals surface area contributed by atoms with Crippen LogP contribution < -0.4 is 5.32 Å². The van der Waals surface area contributed by atoms with Crippen LogP contribution in [0.2, 0.25) is 5.02 Å². The summed E-state index contributed by atoms with van der Waals surface area (Å²) in [6.07, 6.45) is 1.82. The van der Waals surface area contributed by atoms with Crippen molar-refractivity contribution in [2.75, 3.05) is 6.54 Å². The van der Waals surface area contributed by atoms with Crippen LogP contribution in [-0.4, -0.2) is 12.6 Å². The van der Waals surface area contributed by atoms with Crippen molar-refractivity contribution in [2.24, 2.45) is 0 Å². The molecular formula is C15H18ClNO2. The Morgan fingerprint density at radius 3 is 2.74 bits per heavy atom. The maximum atomic E-state index is 5.83. The van der Waals surface area contributed by atoms with Crippen molar-refractivity contribution >= 4 is 11.6 Å². The SMILES string of the molecule is CC(CNCc1ccco1)OCc1ccc(Cl)cc1. The van der Waals surface area contributed by atoms with E-state index in [1.54, 1.807) is 6.26 Å². The Morgan fingerprint density at radius 2 is 2.05 bits per heavy atom. The van der Waals surface area contributed by atoms with Gasteiger partial charge in [0.1, 0.15) is 5.76 Å². The van der Waals surface area contributed by atoms with Crippen LogP contribution in [0, 0.1) is 0 Å². The van der Waals surface area contributed by atoms with Crippen LogP contribution in [0.4, 0.5) is 0 Å². The van der Waals surface area contributed by atoms with E-state index in [-0.39, 0.29) is 6.10 Å². The lowest BCUT2D eigenvalue weighted by molar-refractivity contribution is 0.0527. The van der Waals surface area contributed by atoms with E-state index in [2.05, 4.69) is 5.32 Å². The Labute approximate surface area is 118 Å². The smallest absolute Gasteiger partial charge is 0.117 e. The molecule has 0 spiro atoms. The third-order valence-corrected chi connectivity index (χ3v) is 3.01. The number of hydrogen-bond acceptors (Lipinski definition) is 3. The molecule has 102 valence electrons. The second kappa shape index (κ2) is 7.34. The van der Waals surface area contributed by atoms with Gasteiger partial charge in [0, 0.05) is 11.6 Å². The van der Waals surface area contributed by atoms with Gasteiger partial charge in [-0.1, -0.05) is 23.7 Å². The van der Waals surface area contributed by atoms with Gasteiger partial charge in [0.05, 0.1) is 25.5 Å². The number of nitrogens with one attached hydrogen (secondary N) is 1. The zero-order valence-electron chi connectivity index (χ0n) is 10.9. The molecule has 1 aromatic carbocycles. The first-order valence-corrected chi connectivity index (χ1v) is 6.71. The Kier molecular flexibility index (Phi) is 5.45. The van der Waals surface area contributed by atoms with E-state index >= 15 is 0 Å². The maximum Gasteiger partial charge on any atom is 0.117 e. The molecule has 1 unspecified atom stereocenters. The van der Waals surface area contributed by atoms with Gasteiger partial charge in [-0.25, -0.2) is 0 Å². The summed E-state index contributed by atoms with van der Waals surface area (Å²) in [5, 5.41) is 4.04. The van der Waals surface area contributed by atoms with Crippen molar-refractivity contribution in [1.82, 2.24) is 5.32 Å². The summed E-state index contributed by atoms with van der Waals surface area (Å²) in [5.41, 5.74) is 1.13. The zero-order valence-corrected chi connectivity index (χ0v) is 11.7. The highest BCUT2D eigenvalue weighted by atomic mass is 35.5. The molecule has 4 heteroatoms. The third-order valence-electron chi connectivity index (χ3n) is 2.76. The molecule has 19 heavy (non-hydrogen) atoms. The minimum absolute atomic E-state index is 0.144. The number of halogens is 1. The molecule has 0 bridgehead atoms. The van der Waals surface area contributed by atoms with Crippen LogP contribution in [0.1, 0.15) is 18.2 Å². The first-order chi connectivity index (χ1) is 9.24. The predicted molar refractivity (Wildman–Crippen MR) is 76.1 cm³/mol. The fraction of sp³-hybridized carbons (Fsp3) is 0.333. The highest BCUT2D eigenvalue weighted by Gasteiger charge is 2.03. The Hall–Kier alpha value is -1.29. The van der Waals surface area contributed by atoms with Crippen LogP contribution in [0.5, 0.6) is 0 Å². The highest BCUT2D eigenvalue weighted by molar-refractivity contribution is 6.30. The fourth-order valence-corrected chi connectivity index (χ4v) is 1.82. The monoisotopic (exact) mass is 279 g/mol. The number of rotatable bonds is 7. The normalized spacial score (nSPS) is 12.5. The van der Waals surface area contributed by atoms with E-state index in [4.69, 9.17) is 20.8 Å². The summed E-state index contributed by atoms with van der Waals surface area (Å²) in [6.45, 7) is 4.15. The van der Waals surface area contributed by atoms with E-state index in [9.17, 15) is 0 Å². The molecule has 0 aliphatic rings. The van der Waals surface area contributed by atoms with Crippen LogP contribution in [0.25, 0.3) is 0 Å². The second-order valence-corrected chi connectivity index (χ2v) is 4.89. The summed E-state index contributed by atoms with van der Waals surface area (Å²) in [5.74, 6) is 0.935. The third kappa shape index (κ3) is 5.07. The van der Waals surface area contributed by atoms with Gasteiger partial charge in [-0.05, 0) is 36.8 Å². The first kappa shape index (κ1) is 14.1. The Balaban J connectivity index is 1.64. The molecule has 0 radical (unpaired) electrons. The molecule has 0 saturated heterocycles. The van der Waals surface area contributed by atoms with Gasteiger partial charge >= 0.3 is 0 Å². The van der Waals surface area contributed by atoms with Gasteiger partial charge in [-0.15, -0.1) is 0 Å². The number of ether oxygens (including phenoxy) is 1. The predicted octanol–water partition coefficient (Wildman–Crippen LogP) is 3.63. The van der Waals surface area contributed by atoms with Gasteiger partial charge in [0.15, 0.2) is 0 Å². The minimum Gasteiger partial charge on any atom is -0.468 e. The maximum absolute atomic E-state index is 5.83. The van der Waals surface area contributed by atoms with Crippen LogP contribution in [-0.2, 0) is 17.9 Å². The van der Waals surface area contributed by atoms with E-state index in [0.717, 1.165) is 29.4 Å². The van der Waals surface area contributed by atoms with E-state index < -0.39 is 0 Å². The Bertz CT molecular complexity index is 467. The van der Waals surface area contributed by atoms with Gasteiger partial charge in [0.2, 0.25) is 0 Å². The molecule has 1 N–H and O–H groups in total. The van der Waals surface area contributed by atoms with Gasteiger partial charge < -0.3 is 14.5 Å². The average molecular weight is 280 g/mol. The quantitative estimate of drug-likeness (QED) is 0.840. The first-order valence-electron chi connectivity index (χ1n) is 6.33. The van der Waals surface area contributed by atoms with E-state index in [1.165, 1.54) is 0 Å². The van der Waals surface area contributed by atoms with Crippen molar-refractivity contribution in [3.8, 4) is 0 Å². The lowest BCUT2D eigenvalue weighted by Gasteiger charge is -2.13. The van der Waals surface area contributed by atoms with Crippen molar-refractivity contribution in [2.45, 2.75) is 26.2 Å². The molecule has 0 aliphatic heterocycles. The van der Waals surface area contributed by atoms with Crippen LogP contribution >= 0.6 is 11.6 Å². The fourth-order valence-electron chi connectivity index (χ4n) is 1.69. The molecule has 0 aliphatic carbocycles. The molecule has 1 aromatic heterocycles. The second-order valence-electron chi connectivity index (χ2n) is 4.46. The lowest BCUT2D eigenvalue weighted by Crippen LogP contribution is -2.26. The molecule has 0 amide bonds. The minimum atomic E-state index is 0.144. The summed E-state index contributed by atoms with van der Waals surface area (Å²) in [7, 11) is 0. The highest BCUT2D eigenvalue weighted by Crippen LogP contribution is 2.10. The number of benzene rings is 1. The largest absolute Gasteiger partial charge is 0.468 e. The summed E-state index contributed by atoms with van der Waals surface area (Å²) in [4.78, 5) is 0. The number of furan rings is 1. The molecule has 0 saturated carbocycles. The van der Waals surface area contributed by atoms with Gasteiger partial charge in [0.25, 0.3) is 0 Å². The van der Waals surface area contributed by atoms with Crippen molar-refractivity contribution in [3.05, 3.63) is 59.0 Å². The van der Waals surface area contributed by atoms with Crippen LogP contribution in [0.3, 0.4) is 0 Å².